The van der Waals surface area contributed by atoms with Gasteiger partial charge in [-0.15, -0.1) is 0 Å². The second-order valence-corrected chi connectivity index (χ2v) is 5.56. The highest BCUT2D eigenvalue weighted by Gasteiger charge is 2.21. The molecule has 0 fully saturated rings. The van der Waals surface area contributed by atoms with Crippen molar-refractivity contribution in [2.45, 2.75) is 19.9 Å². The summed E-state index contributed by atoms with van der Waals surface area (Å²) in [7, 11) is 0. The Kier molecular flexibility index (Phi) is 4.40. The van der Waals surface area contributed by atoms with Gasteiger partial charge in [0, 0.05) is 18.6 Å². The Morgan fingerprint density at radius 3 is 2.47 bits per heavy atom. The van der Waals surface area contributed by atoms with Crippen LogP contribution in [0.15, 0.2) is 53.1 Å². The van der Waals surface area contributed by atoms with Crippen LogP contribution in [0, 0.1) is 5.41 Å². The minimum atomic E-state index is -0.153. The van der Waals surface area contributed by atoms with E-state index in [1.807, 2.05) is 44.2 Å². The van der Waals surface area contributed by atoms with Gasteiger partial charge >= 0.3 is 0 Å². The Balaban J connectivity index is 2.17. The largest absolute Gasteiger partial charge is 0.467 e. The van der Waals surface area contributed by atoms with Crippen LogP contribution in [0.25, 0.3) is 0 Å². The number of aliphatic hydroxyl groups is 1. The fraction of sp³-hybridized carbons (Fsp3) is 0.375. The molecule has 0 saturated carbocycles. The first kappa shape index (κ1) is 13.8. The first-order valence-corrected chi connectivity index (χ1v) is 6.55. The van der Waals surface area contributed by atoms with E-state index >= 15 is 0 Å². The number of hydrogen-bond acceptors (Lipinski definition) is 3. The highest BCUT2D eigenvalue weighted by molar-refractivity contribution is 5.26. The molecule has 0 saturated heterocycles. The number of furan rings is 1. The molecule has 2 rings (SSSR count). The minimum absolute atomic E-state index is 0.0158. The molecular formula is C16H21NO2. The lowest BCUT2D eigenvalue weighted by molar-refractivity contribution is 0.153. The van der Waals surface area contributed by atoms with Crippen LogP contribution in [0.3, 0.4) is 0 Å². The van der Waals surface area contributed by atoms with E-state index in [2.05, 4.69) is 17.4 Å². The topological polar surface area (TPSA) is 45.4 Å². The quantitative estimate of drug-likeness (QED) is 0.838. The molecule has 0 aliphatic carbocycles. The average molecular weight is 259 g/mol. The lowest BCUT2D eigenvalue weighted by Crippen LogP contribution is -2.35. The Hall–Kier alpha value is -1.58. The average Bonchev–Trinajstić information content (AvgIpc) is 2.94. The fourth-order valence-corrected chi connectivity index (χ4v) is 1.92. The van der Waals surface area contributed by atoms with E-state index in [1.54, 1.807) is 6.26 Å². The van der Waals surface area contributed by atoms with Crippen LogP contribution in [0.1, 0.15) is 31.2 Å². The molecule has 102 valence electrons. The summed E-state index contributed by atoms with van der Waals surface area (Å²) in [5, 5.41) is 12.8. The molecule has 2 N–H and O–H groups in total. The summed E-state index contributed by atoms with van der Waals surface area (Å²) in [6.45, 7) is 4.93. The van der Waals surface area contributed by atoms with E-state index in [0.29, 0.717) is 6.54 Å². The smallest absolute Gasteiger partial charge is 0.125 e. The van der Waals surface area contributed by atoms with E-state index in [-0.39, 0.29) is 18.1 Å². The van der Waals surface area contributed by atoms with Gasteiger partial charge in [0.15, 0.2) is 0 Å². The maximum Gasteiger partial charge on any atom is 0.125 e. The molecule has 0 radical (unpaired) electrons. The second kappa shape index (κ2) is 6.04. The number of nitrogens with one attached hydrogen (secondary N) is 1. The lowest BCUT2D eigenvalue weighted by atomic mass is 9.93. The zero-order chi connectivity index (χ0) is 13.7. The van der Waals surface area contributed by atoms with Gasteiger partial charge in [-0.25, -0.2) is 0 Å². The Labute approximate surface area is 114 Å². The van der Waals surface area contributed by atoms with E-state index < -0.39 is 0 Å². The molecule has 1 unspecified atom stereocenters. The second-order valence-electron chi connectivity index (χ2n) is 5.56. The third-order valence-corrected chi connectivity index (χ3v) is 3.17. The summed E-state index contributed by atoms with van der Waals surface area (Å²) < 4.78 is 5.52. The van der Waals surface area contributed by atoms with Crippen molar-refractivity contribution >= 4 is 0 Å². The molecule has 2 aromatic rings. The Bertz CT molecular complexity index is 477. The van der Waals surface area contributed by atoms with Crippen LogP contribution < -0.4 is 5.32 Å². The lowest BCUT2D eigenvalue weighted by Gasteiger charge is -2.26. The standard InChI is InChI=1S/C16H21NO2/c1-16(2,12-18)11-17-15(14-9-6-10-19-14)13-7-4-3-5-8-13/h3-10,15,17-18H,11-12H2,1-2H3. The number of benzene rings is 1. The van der Waals surface area contributed by atoms with Crippen molar-refractivity contribution < 1.29 is 9.52 Å². The highest BCUT2D eigenvalue weighted by atomic mass is 16.3. The summed E-state index contributed by atoms with van der Waals surface area (Å²) >= 11 is 0. The summed E-state index contributed by atoms with van der Waals surface area (Å²) in [6.07, 6.45) is 1.68. The zero-order valence-corrected chi connectivity index (χ0v) is 11.5. The molecule has 1 aromatic heterocycles. The van der Waals surface area contributed by atoms with Crippen molar-refractivity contribution in [3.63, 3.8) is 0 Å². The Morgan fingerprint density at radius 1 is 1.16 bits per heavy atom. The van der Waals surface area contributed by atoms with Crippen LogP contribution in [0.5, 0.6) is 0 Å². The van der Waals surface area contributed by atoms with Gasteiger partial charge in [0.1, 0.15) is 5.76 Å². The van der Waals surface area contributed by atoms with Gasteiger partial charge in [0.2, 0.25) is 0 Å². The monoisotopic (exact) mass is 259 g/mol. The molecule has 0 bridgehead atoms. The van der Waals surface area contributed by atoms with Gasteiger partial charge in [-0.05, 0) is 17.7 Å². The van der Waals surface area contributed by atoms with Crippen molar-refractivity contribution in [2.75, 3.05) is 13.2 Å². The summed E-state index contributed by atoms with van der Waals surface area (Å²) in [5.74, 6) is 0.889. The van der Waals surface area contributed by atoms with E-state index in [1.165, 1.54) is 0 Å². The van der Waals surface area contributed by atoms with Gasteiger partial charge in [-0.1, -0.05) is 44.2 Å². The molecule has 0 amide bonds. The SMILES string of the molecule is CC(C)(CO)CNC(c1ccccc1)c1ccco1. The van der Waals surface area contributed by atoms with Crippen LogP contribution >= 0.6 is 0 Å². The van der Waals surface area contributed by atoms with Gasteiger partial charge in [0.25, 0.3) is 0 Å². The van der Waals surface area contributed by atoms with Crippen molar-refractivity contribution in [2.24, 2.45) is 5.41 Å². The van der Waals surface area contributed by atoms with Crippen molar-refractivity contribution in [1.29, 1.82) is 0 Å². The fourth-order valence-electron chi connectivity index (χ4n) is 1.92. The Morgan fingerprint density at radius 2 is 1.89 bits per heavy atom. The zero-order valence-electron chi connectivity index (χ0n) is 11.5. The molecule has 1 atom stereocenters. The number of aliphatic hydroxyl groups excluding tert-OH is 1. The van der Waals surface area contributed by atoms with E-state index in [4.69, 9.17) is 4.42 Å². The molecule has 3 nitrogen and oxygen atoms in total. The van der Waals surface area contributed by atoms with Gasteiger partial charge < -0.3 is 14.8 Å². The van der Waals surface area contributed by atoms with Crippen LogP contribution in [-0.2, 0) is 0 Å². The molecule has 0 aliphatic rings. The highest BCUT2D eigenvalue weighted by Crippen LogP contribution is 2.24. The van der Waals surface area contributed by atoms with Gasteiger partial charge in [0.05, 0.1) is 12.3 Å². The number of hydrogen-bond donors (Lipinski definition) is 2. The molecule has 1 aromatic carbocycles. The normalized spacial score (nSPS) is 13.4. The predicted octanol–water partition coefficient (Wildman–Crippen LogP) is 2.98. The molecular weight excluding hydrogens is 238 g/mol. The third kappa shape index (κ3) is 3.69. The summed E-state index contributed by atoms with van der Waals surface area (Å²) in [6, 6.07) is 14.1. The maximum atomic E-state index is 9.34. The predicted molar refractivity (Wildman–Crippen MR) is 75.9 cm³/mol. The molecule has 3 heteroatoms. The van der Waals surface area contributed by atoms with E-state index in [9.17, 15) is 5.11 Å². The molecule has 0 spiro atoms. The third-order valence-electron chi connectivity index (χ3n) is 3.17. The van der Waals surface area contributed by atoms with E-state index in [0.717, 1.165) is 11.3 Å². The first-order chi connectivity index (χ1) is 9.12. The first-order valence-electron chi connectivity index (χ1n) is 6.55. The van der Waals surface area contributed by atoms with Gasteiger partial charge in [-0.3, -0.25) is 0 Å². The minimum Gasteiger partial charge on any atom is -0.467 e. The van der Waals surface area contributed by atoms with Crippen LogP contribution in [0.4, 0.5) is 0 Å². The molecule has 0 aliphatic heterocycles. The van der Waals surface area contributed by atoms with Crippen molar-refractivity contribution in [3.8, 4) is 0 Å². The number of rotatable bonds is 6. The molecule has 19 heavy (non-hydrogen) atoms. The van der Waals surface area contributed by atoms with Crippen molar-refractivity contribution in [1.82, 2.24) is 5.32 Å². The van der Waals surface area contributed by atoms with Crippen LogP contribution in [-0.4, -0.2) is 18.3 Å². The van der Waals surface area contributed by atoms with Crippen molar-refractivity contribution in [3.05, 3.63) is 60.1 Å². The molecule has 1 heterocycles. The summed E-state index contributed by atoms with van der Waals surface area (Å²) in [5.41, 5.74) is 1.01. The summed E-state index contributed by atoms with van der Waals surface area (Å²) in [4.78, 5) is 0. The van der Waals surface area contributed by atoms with Gasteiger partial charge in [-0.2, -0.15) is 0 Å². The maximum absolute atomic E-state index is 9.34. The van der Waals surface area contributed by atoms with Crippen LogP contribution in [0.2, 0.25) is 0 Å².